The van der Waals surface area contributed by atoms with E-state index >= 15 is 0 Å². The number of rotatable bonds is 5. The van der Waals surface area contributed by atoms with Crippen molar-refractivity contribution in [3.05, 3.63) is 36.0 Å². The van der Waals surface area contributed by atoms with Crippen LogP contribution in [0.5, 0.6) is 0 Å². The zero-order valence-corrected chi connectivity index (χ0v) is 16.7. The monoisotopic (exact) mass is 364 g/mol. The van der Waals surface area contributed by atoms with Crippen molar-refractivity contribution in [3.63, 3.8) is 0 Å². The zero-order chi connectivity index (χ0) is 18.6. The first-order valence-electron chi connectivity index (χ1n) is 10.9. The van der Waals surface area contributed by atoms with Gasteiger partial charge in [0.1, 0.15) is 0 Å². The van der Waals surface area contributed by atoms with Gasteiger partial charge < -0.3 is 9.88 Å². The number of nitrogens with zero attached hydrogens (tertiary/aromatic N) is 1. The van der Waals surface area contributed by atoms with E-state index in [1.54, 1.807) is 0 Å². The number of hydrogen-bond donors (Lipinski definition) is 1. The third kappa shape index (κ3) is 2.99. The van der Waals surface area contributed by atoms with Crippen LogP contribution in [0.3, 0.4) is 0 Å². The smallest absolute Gasteiger partial charge is 0.226 e. The van der Waals surface area contributed by atoms with Gasteiger partial charge in [0.2, 0.25) is 5.91 Å². The lowest BCUT2D eigenvalue weighted by Crippen LogP contribution is -2.54. The molecule has 4 bridgehead atoms. The van der Waals surface area contributed by atoms with Crippen LogP contribution in [-0.2, 0) is 18.3 Å². The van der Waals surface area contributed by atoms with Gasteiger partial charge in [-0.3, -0.25) is 4.79 Å². The number of nitrogens with one attached hydrogen (secondary N) is 1. The Labute approximate surface area is 162 Å². The molecule has 0 unspecified atom stereocenters. The van der Waals surface area contributed by atoms with Crippen molar-refractivity contribution in [1.82, 2.24) is 9.88 Å². The lowest BCUT2D eigenvalue weighted by atomic mass is 9.49. The molecule has 2 aromatic rings. The van der Waals surface area contributed by atoms with E-state index in [0.717, 1.165) is 49.9 Å². The summed E-state index contributed by atoms with van der Waals surface area (Å²) in [6, 6.07) is 8.84. The van der Waals surface area contributed by atoms with Crippen LogP contribution in [0.25, 0.3) is 10.9 Å². The highest BCUT2D eigenvalue weighted by Crippen LogP contribution is 2.60. The maximum absolute atomic E-state index is 13.2. The molecule has 0 aliphatic heterocycles. The summed E-state index contributed by atoms with van der Waals surface area (Å²) in [5.41, 5.74) is 2.66. The third-order valence-corrected chi connectivity index (χ3v) is 7.72. The zero-order valence-electron chi connectivity index (χ0n) is 16.7. The molecule has 4 saturated carbocycles. The number of carbonyl (C=O) groups is 1. The largest absolute Gasteiger partial charge is 0.353 e. The Morgan fingerprint density at radius 1 is 1.15 bits per heavy atom. The van der Waals surface area contributed by atoms with Gasteiger partial charge in [-0.2, -0.15) is 0 Å². The summed E-state index contributed by atoms with van der Waals surface area (Å²) < 4.78 is 2.21. The van der Waals surface area contributed by atoms with Gasteiger partial charge in [-0.05, 0) is 87.7 Å². The Morgan fingerprint density at radius 2 is 1.78 bits per heavy atom. The molecule has 0 saturated heterocycles. The Morgan fingerprint density at radius 3 is 2.44 bits per heavy atom. The predicted octanol–water partition coefficient (Wildman–Crippen LogP) is 4.83. The first-order valence-corrected chi connectivity index (χ1v) is 10.9. The molecule has 3 nitrogen and oxygen atoms in total. The molecule has 144 valence electrons. The average molecular weight is 365 g/mol. The van der Waals surface area contributed by atoms with Crippen LogP contribution >= 0.6 is 0 Å². The molecule has 1 aromatic carbocycles. The molecule has 0 radical (unpaired) electrons. The van der Waals surface area contributed by atoms with E-state index < -0.39 is 0 Å². The van der Waals surface area contributed by atoms with E-state index in [1.165, 1.54) is 35.7 Å². The van der Waals surface area contributed by atoms with Gasteiger partial charge in [-0.25, -0.2) is 0 Å². The molecule has 0 spiro atoms. The Balaban J connectivity index is 1.23. The minimum absolute atomic E-state index is 0.0253. The number of amides is 1. The van der Waals surface area contributed by atoms with Crippen LogP contribution in [0.2, 0.25) is 0 Å². The second kappa shape index (κ2) is 6.39. The highest BCUT2D eigenvalue weighted by molar-refractivity contribution is 5.84. The fourth-order valence-corrected chi connectivity index (χ4v) is 6.83. The predicted molar refractivity (Wildman–Crippen MR) is 109 cm³/mol. The van der Waals surface area contributed by atoms with E-state index in [-0.39, 0.29) is 11.5 Å². The van der Waals surface area contributed by atoms with E-state index in [9.17, 15) is 4.79 Å². The molecule has 3 heteroatoms. The Kier molecular flexibility index (Phi) is 4.10. The van der Waals surface area contributed by atoms with Crippen molar-refractivity contribution < 1.29 is 4.79 Å². The van der Waals surface area contributed by atoms with Gasteiger partial charge in [0.25, 0.3) is 0 Å². The molecule has 1 aromatic heterocycles. The standard InChI is InChI=1S/C24H32N2O/c1-16(7-8-20-15-26(2)22-6-4-3-5-21(20)22)25-23(27)24-12-17-9-18(13-24)11-19(10-17)14-24/h3-6,15-19H,7-14H2,1-2H3,(H,25,27)/t16-,17?,18?,19?,24?/m1/s1. The lowest BCUT2D eigenvalue weighted by molar-refractivity contribution is -0.146. The number of para-hydroxylation sites is 1. The number of aryl methyl sites for hydroxylation is 2. The summed E-state index contributed by atoms with van der Waals surface area (Å²) in [5, 5.41) is 4.76. The summed E-state index contributed by atoms with van der Waals surface area (Å²) in [4.78, 5) is 13.2. The van der Waals surface area contributed by atoms with Gasteiger partial charge in [0.05, 0.1) is 0 Å². The van der Waals surface area contributed by atoms with Gasteiger partial charge >= 0.3 is 0 Å². The van der Waals surface area contributed by atoms with Crippen LogP contribution in [0.4, 0.5) is 0 Å². The Bertz CT molecular complexity index is 829. The van der Waals surface area contributed by atoms with Gasteiger partial charge in [-0.1, -0.05) is 18.2 Å². The van der Waals surface area contributed by atoms with Crippen molar-refractivity contribution >= 4 is 16.8 Å². The highest BCUT2D eigenvalue weighted by Gasteiger charge is 2.54. The fourth-order valence-electron chi connectivity index (χ4n) is 6.83. The topological polar surface area (TPSA) is 34.0 Å². The van der Waals surface area contributed by atoms with Crippen molar-refractivity contribution in [2.75, 3.05) is 0 Å². The summed E-state index contributed by atoms with van der Waals surface area (Å²) in [5.74, 6) is 2.85. The molecule has 1 atom stereocenters. The first-order chi connectivity index (χ1) is 13.0. The normalized spacial score (nSPS) is 32.7. The summed E-state index contributed by atoms with van der Waals surface area (Å²) >= 11 is 0. The third-order valence-electron chi connectivity index (χ3n) is 7.72. The first kappa shape index (κ1) is 17.3. The number of benzene rings is 1. The average Bonchev–Trinajstić information content (AvgIpc) is 2.95. The summed E-state index contributed by atoms with van der Waals surface area (Å²) in [7, 11) is 2.12. The SMILES string of the molecule is C[C@H](CCc1cn(C)c2ccccc12)NC(=O)C12CC3CC(CC(C3)C1)C2. The van der Waals surface area contributed by atoms with Crippen molar-refractivity contribution in [3.8, 4) is 0 Å². The van der Waals surface area contributed by atoms with E-state index in [0.29, 0.717) is 5.91 Å². The maximum atomic E-state index is 13.2. The maximum Gasteiger partial charge on any atom is 0.226 e. The highest BCUT2D eigenvalue weighted by atomic mass is 16.2. The quantitative estimate of drug-likeness (QED) is 0.810. The van der Waals surface area contributed by atoms with Crippen molar-refractivity contribution in [2.45, 2.75) is 64.3 Å². The molecule has 6 rings (SSSR count). The molecular weight excluding hydrogens is 332 g/mol. The second-order valence-corrected chi connectivity index (χ2v) is 9.89. The molecule has 4 aliphatic rings. The second-order valence-electron chi connectivity index (χ2n) is 9.89. The van der Waals surface area contributed by atoms with Gasteiger partial charge in [0.15, 0.2) is 0 Å². The number of hydrogen-bond acceptors (Lipinski definition) is 1. The summed E-state index contributed by atoms with van der Waals surface area (Å²) in [6.45, 7) is 2.18. The molecule has 4 aliphatic carbocycles. The number of fused-ring (bicyclic) bond motifs is 1. The van der Waals surface area contributed by atoms with Crippen LogP contribution in [0.15, 0.2) is 30.5 Å². The fraction of sp³-hybridized carbons (Fsp3) is 0.625. The van der Waals surface area contributed by atoms with Crippen molar-refractivity contribution in [1.29, 1.82) is 0 Å². The molecular formula is C24H32N2O. The van der Waals surface area contributed by atoms with Crippen LogP contribution in [0.1, 0.15) is 57.4 Å². The van der Waals surface area contributed by atoms with Crippen LogP contribution in [-0.4, -0.2) is 16.5 Å². The van der Waals surface area contributed by atoms with E-state index in [4.69, 9.17) is 0 Å². The summed E-state index contributed by atoms with van der Waals surface area (Å²) in [6.07, 6.45) is 11.9. The molecule has 1 heterocycles. The molecule has 27 heavy (non-hydrogen) atoms. The minimum atomic E-state index is -0.0253. The molecule has 1 N–H and O–H groups in total. The van der Waals surface area contributed by atoms with E-state index in [1.807, 2.05) is 0 Å². The minimum Gasteiger partial charge on any atom is -0.353 e. The van der Waals surface area contributed by atoms with Crippen molar-refractivity contribution in [2.24, 2.45) is 30.2 Å². The van der Waals surface area contributed by atoms with Gasteiger partial charge in [-0.15, -0.1) is 0 Å². The van der Waals surface area contributed by atoms with Gasteiger partial charge in [0, 0.05) is 35.6 Å². The lowest BCUT2D eigenvalue weighted by Gasteiger charge is -2.55. The van der Waals surface area contributed by atoms with E-state index in [2.05, 4.69) is 54.3 Å². The molecule has 1 amide bonds. The number of aromatic nitrogens is 1. The number of carbonyl (C=O) groups excluding carboxylic acids is 1. The molecule has 4 fully saturated rings. The van der Waals surface area contributed by atoms with Crippen LogP contribution < -0.4 is 5.32 Å². The van der Waals surface area contributed by atoms with Crippen LogP contribution in [0, 0.1) is 23.2 Å². The Hall–Kier alpha value is -1.77.